The van der Waals surface area contributed by atoms with Gasteiger partial charge in [-0.15, -0.1) is 0 Å². The van der Waals surface area contributed by atoms with Crippen molar-refractivity contribution in [1.29, 1.82) is 0 Å². The molecule has 0 bridgehead atoms. The summed E-state index contributed by atoms with van der Waals surface area (Å²) < 4.78 is 3.13. The van der Waals surface area contributed by atoms with Gasteiger partial charge >= 0.3 is 0 Å². The van der Waals surface area contributed by atoms with Crippen molar-refractivity contribution >= 4 is 21.6 Å². The molecule has 1 unspecified atom stereocenters. The first-order valence-electron chi connectivity index (χ1n) is 6.57. The van der Waals surface area contributed by atoms with Crippen molar-refractivity contribution in [2.24, 2.45) is 0 Å². The number of benzene rings is 1. The monoisotopic (exact) mass is 321 g/mol. The first-order valence-corrected chi connectivity index (χ1v) is 7.36. The van der Waals surface area contributed by atoms with Gasteiger partial charge in [0.15, 0.2) is 0 Å². The van der Waals surface area contributed by atoms with Crippen LogP contribution in [0, 0.1) is 13.8 Å². The fraction of sp³-hybridized carbons (Fsp3) is 0.400. The number of nitrogens with zero attached hydrogens (tertiary/aromatic N) is 2. The zero-order valence-electron chi connectivity index (χ0n) is 11.9. The van der Waals surface area contributed by atoms with E-state index in [1.54, 1.807) is 0 Å². The first kappa shape index (κ1) is 14.1. The number of aromatic nitrogens is 2. The Morgan fingerprint density at radius 3 is 2.47 bits per heavy atom. The third-order valence-electron chi connectivity index (χ3n) is 3.30. The van der Waals surface area contributed by atoms with Gasteiger partial charge in [0, 0.05) is 28.5 Å². The van der Waals surface area contributed by atoms with E-state index in [1.807, 2.05) is 10.9 Å². The van der Waals surface area contributed by atoms with Crippen LogP contribution in [0.1, 0.15) is 36.6 Å². The predicted molar refractivity (Wildman–Crippen MR) is 83.6 cm³/mol. The molecule has 1 heterocycles. The molecule has 3 nitrogen and oxygen atoms in total. The molecule has 0 saturated carbocycles. The Kier molecular flexibility index (Phi) is 4.30. The second kappa shape index (κ2) is 5.78. The van der Waals surface area contributed by atoms with Crippen LogP contribution in [0.15, 0.2) is 29.0 Å². The van der Waals surface area contributed by atoms with Crippen molar-refractivity contribution in [1.82, 2.24) is 9.78 Å². The van der Waals surface area contributed by atoms with Crippen LogP contribution in [-0.4, -0.2) is 9.78 Å². The fourth-order valence-electron chi connectivity index (χ4n) is 2.14. The molecule has 1 aromatic heterocycles. The highest BCUT2D eigenvalue weighted by Crippen LogP contribution is 2.27. The van der Waals surface area contributed by atoms with Crippen molar-refractivity contribution in [3.8, 4) is 0 Å². The summed E-state index contributed by atoms with van der Waals surface area (Å²) in [7, 11) is 0. The van der Waals surface area contributed by atoms with Gasteiger partial charge in [0.2, 0.25) is 0 Å². The van der Waals surface area contributed by atoms with Crippen LogP contribution in [-0.2, 0) is 6.54 Å². The average Bonchev–Trinajstić information content (AvgIpc) is 2.84. The molecule has 0 spiro atoms. The van der Waals surface area contributed by atoms with Gasteiger partial charge in [0.05, 0.1) is 12.2 Å². The van der Waals surface area contributed by atoms with Gasteiger partial charge in [0.25, 0.3) is 0 Å². The van der Waals surface area contributed by atoms with E-state index in [0.29, 0.717) is 0 Å². The summed E-state index contributed by atoms with van der Waals surface area (Å²) in [5, 5.41) is 7.85. The maximum Gasteiger partial charge on any atom is 0.0542 e. The lowest BCUT2D eigenvalue weighted by molar-refractivity contribution is 0.658. The lowest BCUT2D eigenvalue weighted by Gasteiger charge is -2.16. The van der Waals surface area contributed by atoms with Gasteiger partial charge in [-0.2, -0.15) is 5.10 Å². The zero-order valence-corrected chi connectivity index (χ0v) is 13.5. The summed E-state index contributed by atoms with van der Waals surface area (Å²) in [4.78, 5) is 0. The molecular weight excluding hydrogens is 302 g/mol. The van der Waals surface area contributed by atoms with E-state index in [-0.39, 0.29) is 6.04 Å². The van der Waals surface area contributed by atoms with Crippen molar-refractivity contribution in [3.63, 3.8) is 0 Å². The number of hydrogen-bond acceptors (Lipinski definition) is 2. The largest absolute Gasteiger partial charge is 0.378 e. The highest BCUT2D eigenvalue weighted by Gasteiger charge is 2.09. The Bertz CT molecular complexity index is 552. The number of aryl methyl sites for hydroxylation is 3. The quantitative estimate of drug-likeness (QED) is 0.901. The minimum absolute atomic E-state index is 0.250. The van der Waals surface area contributed by atoms with E-state index in [9.17, 15) is 0 Å². The zero-order chi connectivity index (χ0) is 14.0. The van der Waals surface area contributed by atoms with Crippen LogP contribution >= 0.6 is 15.9 Å². The summed E-state index contributed by atoms with van der Waals surface area (Å²) in [6.45, 7) is 9.38. The highest BCUT2D eigenvalue weighted by atomic mass is 79.9. The van der Waals surface area contributed by atoms with E-state index in [0.717, 1.165) is 12.2 Å². The van der Waals surface area contributed by atoms with Crippen molar-refractivity contribution < 1.29 is 0 Å². The van der Waals surface area contributed by atoms with Crippen molar-refractivity contribution in [2.75, 3.05) is 5.32 Å². The van der Waals surface area contributed by atoms with Crippen LogP contribution in [0.4, 0.5) is 5.69 Å². The second-order valence-corrected chi connectivity index (χ2v) is 5.71. The molecule has 0 saturated heterocycles. The molecule has 19 heavy (non-hydrogen) atoms. The van der Waals surface area contributed by atoms with Gasteiger partial charge in [-0.25, -0.2) is 0 Å². The van der Waals surface area contributed by atoms with E-state index >= 15 is 0 Å². The van der Waals surface area contributed by atoms with Crippen LogP contribution in [0.25, 0.3) is 0 Å². The Hall–Kier alpha value is -1.29. The molecule has 0 fully saturated rings. The first-order chi connectivity index (χ1) is 9.01. The molecule has 1 N–H and O–H groups in total. The number of halogens is 1. The van der Waals surface area contributed by atoms with Crippen LogP contribution < -0.4 is 5.32 Å². The summed E-state index contributed by atoms with van der Waals surface area (Å²) >= 11 is 3.60. The normalized spacial score (nSPS) is 12.5. The second-order valence-electron chi connectivity index (χ2n) is 4.92. The molecule has 2 rings (SSSR count). The van der Waals surface area contributed by atoms with Crippen molar-refractivity contribution in [2.45, 2.75) is 40.3 Å². The van der Waals surface area contributed by atoms with Gasteiger partial charge in [-0.1, -0.05) is 15.9 Å². The van der Waals surface area contributed by atoms with E-state index < -0.39 is 0 Å². The Morgan fingerprint density at radius 2 is 1.95 bits per heavy atom. The Balaban J connectivity index is 2.16. The topological polar surface area (TPSA) is 29.9 Å². The lowest BCUT2D eigenvalue weighted by atomic mass is 10.1. The highest BCUT2D eigenvalue weighted by molar-refractivity contribution is 9.10. The molecule has 1 aromatic carbocycles. The van der Waals surface area contributed by atoms with E-state index in [4.69, 9.17) is 0 Å². The standard InChI is InChI=1S/C15H20BrN3/c1-5-19-9-13(8-17-19)12(4)18-14-6-10(2)15(16)11(3)7-14/h6-9,12,18H,5H2,1-4H3. The number of rotatable bonds is 4. The molecule has 0 aliphatic carbocycles. The van der Waals surface area contributed by atoms with Crippen LogP contribution in [0.5, 0.6) is 0 Å². The molecule has 0 aliphatic heterocycles. The maximum absolute atomic E-state index is 4.32. The molecule has 4 heteroatoms. The molecule has 0 radical (unpaired) electrons. The van der Waals surface area contributed by atoms with Gasteiger partial charge in [-0.05, 0) is 51.0 Å². The smallest absolute Gasteiger partial charge is 0.0542 e. The van der Waals surface area contributed by atoms with Gasteiger partial charge < -0.3 is 5.32 Å². The summed E-state index contributed by atoms with van der Waals surface area (Å²) in [6, 6.07) is 4.58. The summed E-state index contributed by atoms with van der Waals surface area (Å²) in [6.07, 6.45) is 4.02. The molecule has 1 atom stereocenters. The molecule has 0 amide bonds. The molecule has 2 aromatic rings. The maximum atomic E-state index is 4.32. The lowest BCUT2D eigenvalue weighted by Crippen LogP contribution is -2.06. The number of hydrogen-bond donors (Lipinski definition) is 1. The van der Waals surface area contributed by atoms with Gasteiger partial charge in [0.1, 0.15) is 0 Å². The third kappa shape index (κ3) is 3.18. The number of anilines is 1. The Labute approximate surface area is 123 Å². The van der Waals surface area contributed by atoms with E-state index in [1.165, 1.54) is 21.2 Å². The predicted octanol–water partition coefficient (Wildman–Crippen LogP) is 4.46. The summed E-state index contributed by atoms with van der Waals surface area (Å²) in [5.74, 6) is 0. The minimum atomic E-state index is 0.250. The third-order valence-corrected chi connectivity index (χ3v) is 4.55. The fourth-order valence-corrected chi connectivity index (χ4v) is 2.37. The number of nitrogens with one attached hydrogen (secondary N) is 1. The summed E-state index contributed by atoms with van der Waals surface area (Å²) in [5.41, 5.74) is 4.85. The molecular formula is C15H20BrN3. The SMILES string of the molecule is CCn1cc(C(C)Nc2cc(C)c(Br)c(C)c2)cn1. The van der Waals surface area contributed by atoms with Gasteiger partial charge in [-0.3, -0.25) is 4.68 Å². The van der Waals surface area contributed by atoms with E-state index in [2.05, 4.69) is 72.4 Å². The van der Waals surface area contributed by atoms with Crippen molar-refractivity contribution in [3.05, 3.63) is 45.7 Å². The van der Waals surface area contributed by atoms with Crippen LogP contribution in [0.2, 0.25) is 0 Å². The molecule has 0 aliphatic rings. The Morgan fingerprint density at radius 1 is 1.32 bits per heavy atom. The minimum Gasteiger partial charge on any atom is -0.378 e. The van der Waals surface area contributed by atoms with Crippen LogP contribution in [0.3, 0.4) is 0 Å². The average molecular weight is 322 g/mol. The molecule has 102 valence electrons.